The fraction of sp³-hybridized carbons (Fsp3) is 0.294. The van der Waals surface area contributed by atoms with E-state index >= 15 is 0 Å². The van der Waals surface area contributed by atoms with Crippen LogP contribution >= 0.6 is 0 Å². The molecule has 0 saturated carbocycles. The molecule has 3 rings (SSSR count). The number of likely N-dealkylation sites (tertiary alicyclic amines) is 1. The highest BCUT2D eigenvalue weighted by Gasteiger charge is 2.29. The molecule has 1 aliphatic rings. The van der Waals surface area contributed by atoms with Crippen LogP contribution in [-0.2, 0) is 4.79 Å². The van der Waals surface area contributed by atoms with Crippen molar-refractivity contribution >= 4 is 11.9 Å². The van der Waals surface area contributed by atoms with Crippen LogP contribution < -0.4 is 5.56 Å². The first-order chi connectivity index (χ1) is 11.6. The lowest BCUT2D eigenvalue weighted by molar-refractivity contribution is -0.143. The van der Waals surface area contributed by atoms with Gasteiger partial charge in [0, 0.05) is 19.2 Å². The maximum atomic E-state index is 12.6. The van der Waals surface area contributed by atoms with Crippen molar-refractivity contribution in [1.82, 2.24) is 14.7 Å². The van der Waals surface area contributed by atoms with E-state index in [0.29, 0.717) is 25.1 Å². The van der Waals surface area contributed by atoms with Gasteiger partial charge in [0.2, 0.25) is 0 Å². The third kappa shape index (κ3) is 3.19. The quantitative estimate of drug-likeness (QED) is 0.913. The number of piperidine rings is 1. The summed E-state index contributed by atoms with van der Waals surface area (Å²) in [6.45, 7) is 0.662. The average Bonchev–Trinajstić information content (AvgIpc) is 2.62. The van der Waals surface area contributed by atoms with E-state index in [4.69, 9.17) is 5.11 Å². The molecule has 2 aromatic rings. The second-order valence-corrected chi connectivity index (χ2v) is 5.73. The standard InChI is InChI=1S/C17H17N3O4/c21-15-9-8-14(18-20(15)13-6-2-1-3-7-13)16(22)19-10-4-5-12(11-19)17(23)24/h1-3,6-9,12H,4-5,10-11H2,(H,23,24)/t12-/m0/s1. The summed E-state index contributed by atoms with van der Waals surface area (Å²) in [6.07, 6.45) is 1.21. The van der Waals surface area contributed by atoms with Crippen LogP contribution in [0.15, 0.2) is 47.3 Å². The molecule has 2 heterocycles. The van der Waals surface area contributed by atoms with E-state index in [9.17, 15) is 14.4 Å². The summed E-state index contributed by atoms with van der Waals surface area (Å²) < 4.78 is 1.17. The van der Waals surface area contributed by atoms with E-state index in [2.05, 4.69) is 5.10 Å². The summed E-state index contributed by atoms with van der Waals surface area (Å²) in [7, 11) is 0. The number of benzene rings is 1. The second-order valence-electron chi connectivity index (χ2n) is 5.73. The van der Waals surface area contributed by atoms with Crippen LogP contribution in [0, 0.1) is 5.92 Å². The number of hydrogen-bond donors (Lipinski definition) is 1. The molecule has 1 atom stereocenters. The number of rotatable bonds is 3. The fourth-order valence-corrected chi connectivity index (χ4v) is 2.80. The van der Waals surface area contributed by atoms with Crippen molar-refractivity contribution in [3.63, 3.8) is 0 Å². The van der Waals surface area contributed by atoms with Crippen molar-refractivity contribution in [2.75, 3.05) is 13.1 Å². The fourth-order valence-electron chi connectivity index (χ4n) is 2.80. The van der Waals surface area contributed by atoms with Crippen molar-refractivity contribution in [2.24, 2.45) is 5.92 Å². The van der Waals surface area contributed by atoms with Gasteiger partial charge in [-0.25, -0.2) is 0 Å². The van der Waals surface area contributed by atoms with E-state index < -0.39 is 11.9 Å². The van der Waals surface area contributed by atoms with Gasteiger partial charge in [-0.3, -0.25) is 14.4 Å². The number of para-hydroxylation sites is 1. The molecule has 1 aliphatic heterocycles. The molecule has 0 radical (unpaired) electrons. The Morgan fingerprint density at radius 3 is 2.58 bits per heavy atom. The van der Waals surface area contributed by atoms with Crippen molar-refractivity contribution < 1.29 is 14.7 Å². The number of amides is 1. The van der Waals surface area contributed by atoms with Gasteiger partial charge < -0.3 is 10.0 Å². The lowest BCUT2D eigenvalue weighted by Crippen LogP contribution is -2.43. The molecule has 0 bridgehead atoms. The molecule has 1 fully saturated rings. The lowest BCUT2D eigenvalue weighted by atomic mass is 9.98. The summed E-state index contributed by atoms with van der Waals surface area (Å²) >= 11 is 0. The first-order valence-electron chi connectivity index (χ1n) is 7.74. The molecule has 1 saturated heterocycles. The maximum absolute atomic E-state index is 12.6. The van der Waals surface area contributed by atoms with Crippen molar-refractivity contribution in [3.05, 3.63) is 58.5 Å². The number of carboxylic acid groups (broad SMARTS) is 1. The van der Waals surface area contributed by atoms with E-state index in [1.807, 2.05) is 6.07 Å². The summed E-state index contributed by atoms with van der Waals surface area (Å²) in [6, 6.07) is 11.5. The van der Waals surface area contributed by atoms with E-state index in [1.54, 1.807) is 24.3 Å². The van der Waals surface area contributed by atoms with Gasteiger partial charge in [0.1, 0.15) is 5.69 Å². The first kappa shape index (κ1) is 15.9. The molecule has 7 nitrogen and oxygen atoms in total. The number of hydrogen-bond acceptors (Lipinski definition) is 4. The van der Waals surface area contributed by atoms with Gasteiger partial charge in [-0.2, -0.15) is 9.78 Å². The Labute approximate surface area is 138 Å². The zero-order valence-corrected chi connectivity index (χ0v) is 13.0. The molecule has 1 N–H and O–H groups in total. The summed E-state index contributed by atoms with van der Waals surface area (Å²) in [5.74, 6) is -1.80. The molecule has 0 spiro atoms. The Morgan fingerprint density at radius 2 is 1.88 bits per heavy atom. The molecule has 24 heavy (non-hydrogen) atoms. The Morgan fingerprint density at radius 1 is 1.12 bits per heavy atom. The van der Waals surface area contributed by atoms with Crippen molar-refractivity contribution in [1.29, 1.82) is 0 Å². The van der Waals surface area contributed by atoms with Gasteiger partial charge in [0.25, 0.3) is 11.5 Å². The normalized spacial score (nSPS) is 17.5. The second kappa shape index (κ2) is 6.66. The minimum Gasteiger partial charge on any atom is -0.481 e. The summed E-state index contributed by atoms with van der Waals surface area (Å²) in [4.78, 5) is 37.3. The van der Waals surface area contributed by atoms with Gasteiger partial charge in [-0.15, -0.1) is 0 Å². The van der Waals surface area contributed by atoms with Crippen LogP contribution in [0.2, 0.25) is 0 Å². The van der Waals surface area contributed by atoms with Crippen LogP contribution in [-0.4, -0.2) is 44.8 Å². The minimum atomic E-state index is -0.894. The number of carbonyl (C=O) groups excluding carboxylic acids is 1. The largest absolute Gasteiger partial charge is 0.481 e. The Bertz CT molecular complexity index is 816. The molecule has 7 heteroatoms. The summed E-state index contributed by atoms with van der Waals surface area (Å²) in [5, 5.41) is 13.3. The molecule has 0 aliphatic carbocycles. The van der Waals surface area contributed by atoms with Crippen LogP contribution in [0.1, 0.15) is 23.3 Å². The molecule has 1 amide bonds. The molecule has 1 aromatic heterocycles. The highest BCUT2D eigenvalue weighted by Crippen LogP contribution is 2.18. The van der Waals surface area contributed by atoms with Crippen LogP contribution in [0.5, 0.6) is 0 Å². The first-order valence-corrected chi connectivity index (χ1v) is 7.74. The number of aromatic nitrogens is 2. The van der Waals surface area contributed by atoms with Crippen molar-refractivity contribution in [3.8, 4) is 5.69 Å². The smallest absolute Gasteiger partial charge is 0.308 e. The Kier molecular flexibility index (Phi) is 4.41. The average molecular weight is 327 g/mol. The molecule has 124 valence electrons. The number of nitrogens with zero attached hydrogens (tertiary/aromatic N) is 3. The predicted molar refractivity (Wildman–Crippen MR) is 86.1 cm³/mol. The number of aliphatic carboxylic acids is 1. The maximum Gasteiger partial charge on any atom is 0.308 e. The van der Waals surface area contributed by atoms with E-state index in [1.165, 1.54) is 21.7 Å². The third-order valence-corrected chi connectivity index (χ3v) is 4.08. The molecule has 0 unspecified atom stereocenters. The SMILES string of the molecule is O=C(O)[C@H]1CCCN(C(=O)c2ccc(=O)n(-c3ccccc3)n2)C1. The zero-order valence-electron chi connectivity index (χ0n) is 13.0. The van der Waals surface area contributed by atoms with Crippen molar-refractivity contribution in [2.45, 2.75) is 12.8 Å². The topological polar surface area (TPSA) is 92.5 Å². The van der Waals surface area contributed by atoms with E-state index in [0.717, 1.165) is 0 Å². The highest BCUT2D eigenvalue weighted by molar-refractivity contribution is 5.92. The summed E-state index contributed by atoms with van der Waals surface area (Å²) in [5.41, 5.74) is 0.364. The van der Waals surface area contributed by atoms with Gasteiger partial charge in [-0.05, 0) is 31.0 Å². The monoisotopic (exact) mass is 327 g/mol. The van der Waals surface area contributed by atoms with Gasteiger partial charge in [0.05, 0.1) is 11.6 Å². The number of carboxylic acids is 1. The molecule has 1 aromatic carbocycles. The van der Waals surface area contributed by atoms with Gasteiger partial charge >= 0.3 is 5.97 Å². The number of carbonyl (C=O) groups is 2. The van der Waals surface area contributed by atoms with Crippen LogP contribution in [0.3, 0.4) is 0 Å². The third-order valence-electron chi connectivity index (χ3n) is 4.08. The minimum absolute atomic E-state index is 0.129. The molecular formula is C17H17N3O4. The lowest BCUT2D eigenvalue weighted by Gasteiger charge is -2.30. The van der Waals surface area contributed by atoms with E-state index in [-0.39, 0.29) is 23.7 Å². The van der Waals surface area contributed by atoms with Crippen LogP contribution in [0.4, 0.5) is 0 Å². The van der Waals surface area contributed by atoms with Gasteiger partial charge in [0.15, 0.2) is 0 Å². The van der Waals surface area contributed by atoms with Crippen LogP contribution in [0.25, 0.3) is 5.69 Å². The van der Waals surface area contributed by atoms with Gasteiger partial charge in [-0.1, -0.05) is 18.2 Å². The zero-order chi connectivity index (χ0) is 17.1. The predicted octanol–water partition coefficient (Wildman–Crippen LogP) is 1.17. The Hall–Kier alpha value is -2.96. The molecular weight excluding hydrogens is 310 g/mol. The highest BCUT2D eigenvalue weighted by atomic mass is 16.4. The Balaban J connectivity index is 1.88.